The van der Waals surface area contributed by atoms with E-state index in [1.54, 1.807) is 0 Å². The number of para-hydroxylation sites is 1. The van der Waals surface area contributed by atoms with Crippen molar-refractivity contribution in [3.8, 4) is 0 Å². The van der Waals surface area contributed by atoms with E-state index in [0.29, 0.717) is 0 Å². The zero-order valence-corrected chi connectivity index (χ0v) is 6.41. The van der Waals surface area contributed by atoms with Crippen molar-refractivity contribution in [1.82, 2.24) is 0 Å². The molecule has 0 fully saturated rings. The lowest BCUT2D eigenvalue weighted by Gasteiger charge is -1.91. The maximum Gasteiger partial charge on any atom is 0.204 e. The van der Waals surface area contributed by atoms with Gasteiger partial charge in [0, 0.05) is 19.1 Å². The molecule has 0 N–H and O–H groups in total. The van der Waals surface area contributed by atoms with Crippen molar-refractivity contribution in [3.63, 3.8) is 0 Å². The van der Waals surface area contributed by atoms with Crippen LogP contribution in [-0.2, 0) is 0 Å². The minimum absolute atomic E-state index is 1.23. The lowest BCUT2D eigenvalue weighted by atomic mass is 10.3. The molecule has 0 heterocycles. The van der Waals surface area contributed by atoms with Crippen LogP contribution in [0.2, 0.25) is 0 Å². The van der Waals surface area contributed by atoms with E-state index in [9.17, 15) is 0 Å². The van der Waals surface area contributed by atoms with Crippen LogP contribution in [0.25, 0.3) is 0 Å². The van der Waals surface area contributed by atoms with Crippen molar-refractivity contribution in [2.24, 2.45) is 0 Å². The smallest absolute Gasteiger partial charge is 0.204 e. The molecule has 1 rings (SSSR count). The highest BCUT2D eigenvalue weighted by Gasteiger charge is 1.95. The quantitative estimate of drug-likeness (QED) is 0.408. The molecule has 10 heavy (non-hydrogen) atoms. The molecule has 0 aromatic heterocycles. The summed E-state index contributed by atoms with van der Waals surface area (Å²) in [6, 6.07) is 10.3. The molecule has 1 nitrogen and oxygen atoms in total. The van der Waals surface area contributed by atoms with Gasteiger partial charge in [0.15, 0.2) is 0 Å². The second-order valence-electron chi connectivity index (χ2n) is 2.20. The first-order valence-corrected chi connectivity index (χ1v) is 3.42. The average Bonchev–Trinajstić information content (AvgIpc) is 2.05. The Balaban J connectivity index is 2.96. The predicted octanol–water partition coefficient (Wildman–Crippen LogP) is 2.05. The van der Waals surface area contributed by atoms with Crippen LogP contribution in [0.5, 0.6) is 0 Å². The highest BCUT2D eigenvalue weighted by molar-refractivity contribution is 5.50. The van der Waals surface area contributed by atoms with E-state index >= 15 is 0 Å². The minimum atomic E-state index is 1.23. The number of hydrogen-bond donors (Lipinski definition) is 0. The zero-order valence-electron chi connectivity index (χ0n) is 6.41. The van der Waals surface area contributed by atoms with Crippen LogP contribution in [0.15, 0.2) is 30.3 Å². The summed E-state index contributed by atoms with van der Waals surface area (Å²) in [5.41, 5.74) is 1.23. The molecule has 0 aliphatic rings. The largest absolute Gasteiger partial charge is 0.206 e. The Morgan fingerprint density at radius 2 is 1.80 bits per heavy atom. The molecule has 1 heteroatoms. The van der Waals surface area contributed by atoms with Gasteiger partial charge in [-0.15, -0.1) is 0 Å². The molecular formula is C9H12N+. The first-order chi connectivity index (χ1) is 4.84. The molecule has 0 unspecified atom stereocenters. The molecule has 0 spiro atoms. The van der Waals surface area contributed by atoms with E-state index in [2.05, 4.69) is 16.7 Å². The lowest BCUT2D eigenvalue weighted by molar-refractivity contribution is -0.400. The van der Waals surface area contributed by atoms with Gasteiger partial charge in [-0.05, 0) is 0 Å². The summed E-state index contributed by atoms with van der Waals surface area (Å²) in [5.74, 6) is 0. The Bertz CT molecular complexity index is 224. The number of benzene rings is 1. The molecule has 0 amide bonds. The van der Waals surface area contributed by atoms with Crippen molar-refractivity contribution in [2.45, 2.75) is 6.92 Å². The topological polar surface area (TPSA) is 3.01 Å². The van der Waals surface area contributed by atoms with Gasteiger partial charge in [0.25, 0.3) is 0 Å². The molecule has 1 aromatic rings. The molecule has 0 saturated carbocycles. The monoisotopic (exact) mass is 134 g/mol. The van der Waals surface area contributed by atoms with Gasteiger partial charge in [0.05, 0.1) is 0 Å². The van der Waals surface area contributed by atoms with Gasteiger partial charge in [-0.1, -0.05) is 18.2 Å². The SMILES string of the molecule is C/C=[N+](\C)c1ccccc1. The van der Waals surface area contributed by atoms with Crippen LogP contribution in [0.3, 0.4) is 0 Å². The van der Waals surface area contributed by atoms with Gasteiger partial charge in [-0.2, -0.15) is 0 Å². The molecule has 0 atom stereocenters. The Morgan fingerprint density at radius 3 is 2.30 bits per heavy atom. The normalized spacial score (nSPS) is 11.6. The van der Waals surface area contributed by atoms with E-state index in [4.69, 9.17) is 0 Å². The second kappa shape index (κ2) is 3.16. The molecule has 0 aliphatic heterocycles. The summed E-state index contributed by atoms with van der Waals surface area (Å²) in [7, 11) is 2.04. The summed E-state index contributed by atoms with van der Waals surface area (Å²) in [5, 5.41) is 0. The summed E-state index contributed by atoms with van der Waals surface area (Å²) in [4.78, 5) is 0. The third-order valence-corrected chi connectivity index (χ3v) is 1.55. The van der Waals surface area contributed by atoms with Gasteiger partial charge in [-0.25, -0.2) is 4.58 Å². The fourth-order valence-electron chi connectivity index (χ4n) is 0.812. The Labute approximate surface area is 61.6 Å². The third kappa shape index (κ3) is 1.44. The molecule has 0 saturated heterocycles. The van der Waals surface area contributed by atoms with Crippen molar-refractivity contribution in [1.29, 1.82) is 0 Å². The second-order valence-corrected chi connectivity index (χ2v) is 2.20. The van der Waals surface area contributed by atoms with Crippen LogP contribution in [0.4, 0.5) is 5.69 Å². The molecule has 1 aromatic carbocycles. The summed E-state index contributed by atoms with van der Waals surface area (Å²) in [6.45, 7) is 2.02. The van der Waals surface area contributed by atoms with Gasteiger partial charge in [-0.3, -0.25) is 0 Å². The summed E-state index contributed by atoms with van der Waals surface area (Å²) in [6.07, 6.45) is 2.04. The van der Waals surface area contributed by atoms with Crippen LogP contribution in [0, 0.1) is 0 Å². The van der Waals surface area contributed by atoms with Crippen molar-refractivity contribution in [2.75, 3.05) is 7.05 Å². The number of hydrogen-bond acceptors (Lipinski definition) is 0. The Hall–Kier alpha value is -1.11. The molecule has 52 valence electrons. The van der Waals surface area contributed by atoms with Crippen LogP contribution in [0.1, 0.15) is 6.92 Å². The predicted molar refractivity (Wildman–Crippen MR) is 44.0 cm³/mol. The van der Waals surface area contributed by atoms with Gasteiger partial charge >= 0.3 is 0 Å². The Morgan fingerprint density at radius 1 is 1.20 bits per heavy atom. The van der Waals surface area contributed by atoms with Gasteiger partial charge < -0.3 is 0 Å². The van der Waals surface area contributed by atoms with Crippen LogP contribution in [-0.4, -0.2) is 17.8 Å². The maximum absolute atomic E-state index is 2.08. The fraction of sp³-hybridized carbons (Fsp3) is 0.222. The van der Waals surface area contributed by atoms with E-state index in [1.165, 1.54) is 5.69 Å². The first kappa shape index (κ1) is 7.00. The highest BCUT2D eigenvalue weighted by Crippen LogP contribution is 2.06. The summed E-state index contributed by atoms with van der Waals surface area (Å²) >= 11 is 0. The fourth-order valence-corrected chi connectivity index (χ4v) is 0.812. The number of nitrogens with zero attached hydrogens (tertiary/aromatic N) is 1. The van der Waals surface area contributed by atoms with Crippen LogP contribution < -0.4 is 0 Å². The van der Waals surface area contributed by atoms with E-state index in [-0.39, 0.29) is 0 Å². The Kier molecular flexibility index (Phi) is 2.21. The van der Waals surface area contributed by atoms with E-state index in [1.807, 2.05) is 38.4 Å². The minimum Gasteiger partial charge on any atom is -0.206 e. The van der Waals surface area contributed by atoms with E-state index in [0.717, 1.165) is 0 Å². The van der Waals surface area contributed by atoms with Gasteiger partial charge in [0.2, 0.25) is 5.69 Å². The lowest BCUT2D eigenvalue weighted by Crippen LogP contribution is -1.95. The van der Waals surface area contributed by atoms with Crippen molar-refractivity contribution >= 4 is 11.9 Å². The standard InChI is InChI=1S/C9H12N/c1-3-10(2)9-7-5-4-6-8-9/h3-8H,1-2H3/q+1/b10-3+. The molecule has 0 radical (unpaired) electrons. The average molecular weight is 134 g/mol. The van der Waals surface area contributed by atoms with Crippen LogP contribution >= 0.6 is 0 Å². The molecule has 0 bridgehead atoms. The van der Waals surface area contributed by atoms with Gasteiger partial charge in [0.1, 0.15) is 13.3 Å². The van der Waals surface area contributed by atoms with Crippen molar-refractivity contribution < 1.29 is 4.58 Å². The maximum atomic E-state index is 2.08. The highest BCUT2D eigenvalue weighted by atomic mass is 15.0. The third-order valence-electron chi connectivity index (χ3n) is 1.55. The molecule has 0 aliphatic carbocycles. The zero-order chi connectivity index (χ0) is 7.40. The first-order valence-electron chi connectivity index (χ1n) is 3.42. The molecular weight excluding hydrogens is 122 g/mol. The van der Waals surface area contributed by atoms with Crippen molar-refractivity contribution in [3.05, 3.63) is 30.3 Å². The van der Waals surface area contributed by atoms with E-state index < -0.39 is 0 Å². The summed E-state index contributed by atoms with van der Waals surface area (Å²) < 4.78 is 2.08. The number of rotatable bonds is 1.